The summed E-state index contributed by atoms with van der Waals surface area (Å²) in [4.78, 5) is 0. The Balaban J connectivity index is 2.30. The van der Waals surface area contributed by atoms with Crippen LogP contribution >= 0.6 is 0 Å². The third kappa shape index (κ3) is 6.16. The van der Waals surface area contributed by atoms with Crippen LogP contribution in [-0.2, 0) is 6.42 Å². The molecule has 17 heavy (non-hydrogen) atoms. The lowest BCUT2D eigenvalue weighted by Crippen LogP contribution is -2.32. The van der Waals surface area contributed by atoms with Gasteiger partial charge in [0.2, 0.25) is 0 Å². The molecule has 1 aromatic rings. The second-order valence-corrected chi connectivity index (χ2v) is 4.22. The number of halogens is 3. The smallest absolute Gasteiger partial charge is 0.401 e. The van der Waals surface area contributed by atoms with Crippen LogP contribution in [0.4, 0.5) is 13.2 Å². The van der Waals surface area contributed by atoms with Gasteiger partial charge >= 0.3 is 6.18 Å². The van der Waals surface area contributed by atoms with E-state index in [0.717, 1.165) is 5.56 Å². The first-order chi connectivity index (χ1) is 7.87. The van der Waals surface area contributed by atoms with E-state index >= 15 is 0 Å². The van der Waals surface area contributed by atoms with Crippen LogP contribution in [0.2, 0.25) is 0 Å². The van der Waals surface area contributed by atoms with Crippen LogP contribution in [0.1, 0.15) is 12.5 Å². The van der Waals surface area contributed by atoms with E-state index in [1.165, 1.54) is 0 Å². The standard InChI is InChI=1S/C12H16F3NO/c1-9(7-16-8-12(13,14)15)6-10-2-4-11(17)5-3-10/h2-5,9,16-17H,6-8H2,1H3. The molecule has 96 valence electrons. The molecule has 0 fully saturated rings. The van der Waals surface area contributed by atoms with Gasteiger partial charge in [0.05, 0.1) is 6.54 Å². The highest BCUT2D eigenvalue weighted by Gasteiger charge is 2.26. The van der Waals surface area contributed by atoms with E-state index in [1.54, 1.807) is 24.3 Å². The van der Waals surface area contributed by atoms with Crippen molar-refractivity contribution >= 4 is 0 Å². The first kappa shape index (κ1) is 13.8. The van der Waals surface area contributed by atoms with Gasteiger partial charge in [-0.25, -0.2) is 0 Å². The Morgan fingerprint density at radius 2 is 1.82 bits per heavy atom. The number of hydrogen-bond acceptors (Lipinski definition) is 2. The zero-order valence-electron chi connectivity index (χ0n) is 9.59. The lowest BCUT2D eigenvalue weighted by atomic mass is 10.0. The zero-order valence-corrected chi connectivity index (χ0v) is 9.59. The number of hydrogen-bond donors (Lipinski definition) is 2. The van der Waals surface area contributed by atoms with Crippen molar-refractivity contribution in [3.05, 3.63) is 29.8 Å². The maximum atomic E-state index is 11.9. The van der Waals surface area contributed by atoms with Crippen molar-refractivity contribution in [1.29, 1.82) is 0 Å². The van der Waals surface area contributed by atoms with E-state index in [4.69, 9.17) is 5.11 Å². The molecule has 0 aliphatic rings. The Kier molecular flexibility index (Phi) is 4.81. The maximum Gasteiger partial charge on any atom is 0.401 e. The van der Waals surface area contributed by atoms with Gasteiger partial charge < -0.3 is 10.4 Å². The molecule has 0 saturated heterocycles. The molecule has 0 radical (unpaired) electrons. The molecule has 0 aliphatic heterocycles. The van der Waals surface area contributed by atoms with Crippen LogP contribution in [0.25, 0.3) is 0 Å². The third-order valence-electron chi connectivity index (χ3n) is 2.34. The Labute approximate surface area is 98.5 Å². The highest BCUT2D eigenvalue weighted by atomic mass is 19.4. The quantitative estimate of drug-likeness (QED) is 0.838. The summed E-state index contributed by atoms with van der Waals surface area (Å²) in [7, 11) is 0. The van der Waals surface area contributed by atoms with Gasteiger partial charge in [-0.3, -0.25) is 0 Å². The van der Waals surface area contributed by atoms with Crippen molar-refractivity contribution in [2.75, 3.05) is 13.1 Å². The maximum absolute atomic E-state index is 11.9. The molecule has 1 aromatic carbocycles. The average Bonchev–Trinajstić information content (AvgIpc) is 2.19. The Bertz CT molecular complexity index is 335. The van der Waals surface area contributed by atoms with E-state index in [9.17, 15) is 13.2 Å². The summed E-state index contributed by atoms with van der Waals surface area (Å²) in [6.07, 6.45) is -3.47. The fourth-order valence-electron chi connectivity index (χ4n) is 1.57. The Hall–Kier alpha value is -1.23. The summed E-state index contributed by atoms with van der Waals surface area (Å²) < 4.78 is 35.7. The molecule has 0 saturated carbocycles. The largest absolute Gasteiger partial charge is 0.508 e. The number of phenols is 1. The van der Waals surface area contributed by atoms with Crippen LogP contribution in [0.3, 0.4) is 0 Å². The number of rotatable bonds is 5. The topological polar surface area (TPSA) is 32.3 Å². The molecule has 1 rings (SSSR count). The van der Waals surface area contributed by atoms with Crippen molar-refractivity contribution in [2.45, 2.75) is 19.5 Å². The number of alkyl halides is 3. The fraction of sp³-hybridized carbons (Fsp3) is 0.500. The van der Waals surface area contributed by atoms with E-state index in [2.05, 4.69) is 5.32 Å². The van der Waals surface area contributed by atoms with Crippen LogP contribution in [-0.4, -0.2) is 24.4 Å². The first-order valence-electron chi connectivity index (χ1n) is 5.42. The van der Waals surface area contributed by atoms with E-state index in [1.807, 2.05) is 6.92 Å². The summed E-state index contributed by atoms with van der Waals surface area (Å²) >= 11 is 0. The van der Waals surface area contributed by atoms with Crippen LogP contribution in [0.15, 0.2) is 24.3 Å². The summed E-state index contributed by atoms with van der Waals surface area (Å²) in [6.45, 7) is 1.25. The van der Waals surface area contributed by atoms with Crippen molar-refractivity contribution < 1.29 is 18.3 Å². The Morgan fingerprint density at radius 1 is 1.24 bits per heavy atom. The molecule has 1 unspecified atom stereocenters. The number of aromatic hydroxyl groups is 1. The molecular weight excluding hydrogens is 231 g/mol. The van der Waals surface area contributed by atoms with Crippen molar-refractivity contribution in [3.8, 4) is 5.75 Å². The predicted molar refractivity (Wildman–Crippen MR) is 59.9 cm³/mol. The van der Waals surface area contributed by atoms with Crippen LogP contribution in [0, 0.1) is 5.92 Å². The molecule has 0 aromatic heterocycles. The molecule has 0 spiro atoms. The Morgan fingerprint density at radius 3 is 2.35 bits per heavy atom. The minimum Gasteiger partial charge on any atom is -0.508 e. The van der Waals surface area contributed by atoms with Gasteiger partial charge in [0, 0.05) is 0 Å². The number of phenolic OH excluding ortho intramolecular Hbond substituents is 1. The summed E-state index contributed by atoms with van der Waals surface area (Å²) in [6, 6.07) is 6.70. The molecule has 2 N–H and O–H groups in total. The van der Waals surface area contributed by atoms with E-state index < -0.39 is 12.7 Å². The third-order valence-corrected chi connectivity index (χ3v) is 2.34. The van der Waals surface area contributed by atoms with Crippen molar-refractivity contribution in [1.82, 2.24) is 5.32 Å². The van der Waals surface area contributed by atoms with Gasteiger partial charge in [0.15, 0.2) is 0 Å². The first-order valence-corrected chi connectivity index (χ1v) is 5.42. The molecule has 2 nitrogen and oxygen atoms in total. The second kappa shape index (κ2) is 5.91. The van der Waals surface area contributed by atoms with Gasteiger partial charge in [0.25, 0.3) is 0 Å². The molecule has 1 atom stereocenters. The minimum atomic E-state index is -4.15. The predicted octanol–water partition coefficient (Wildman–Crippen LogP) is 2.72. The number of benzene rings is 1. The van der Waals surface area contributed by atoms with Gasteiger partial charge in [-0.1, -0.05) is 19.1 Å². The fourth-order valence-corrected chi connectivity index (χ4v) is 1.57. The minimum absolute atomic E-state index is 0.113. The van der Waals surface area contributed by atoms with E-state index in [-0.39, 0.29) is 11.7 Å². The molecule has 0 aliphatic carbocycles. The lowest BCUT2D eigenvalue weighted by molar-refractivity contribution is -0.125. The molecular formula is C12H16F3NO. The molecule has 0 bridgehead atoms. The number of nitrogens with one attached hydrogen (secondary N) is 1. The van der Waals surface area contributed by atoms with Crippen LogP contribution < -0.4 is 5.32 Å². The molecule has 0 heterocycles. The van der Waals surface area contributed by atoms with E-state index in [0.29, 0.717) is 13.0 Å². The van der Waals surface area contributed by atoms with Crippen molar-refractivity contribution in [2.24, 2.45) is 5.92 Å². The SMILES string of the molecule is CC(CNCC(F)(F)F)Cc1ccc(O)cc1. The molecule has 0 amide bonds. The van der Waals surface area contributed by atoms with Crippen molar-refractivity contribution in [3.63, 3.8) is 0 Å². The summed E-state index contributed by atoms with van der Waals surface area (Å²) in [5.74, 6) is 0.304. The van der Waals surface area contributed by atoms with Gasteiger partial charge in [-0.05, 0) is 36.6 Å². The van der Waals surface area contributed by atoms with Gasteiger partial charge in [-0.15, -0.1) is 0 Å². The van der Waals surface area contributed by atoms with Gasteiger partial charge in [0.1, 0.15) is 5.75 Å². The summed E-state index contributed by atoms with van der Waals surface area (Å²) in [5.41, 5.74) is 1.00. The van der Waals surface area contributed by atoms with Gasteiger partial charge in [-0.2, -0.15) is 13.2 Å². The monoisotopic (exact) mass is 247 g/mol. The zero-order chi connectivity index (χ0) is 12.9. The summed E-state index contributed by atoms with van der Waals surface area (Å²) in [5, 5.41) is 11.5. The lowest BCUT2D eigenvalue weighted by Gasteiger charge is -2.14. The van der Waals surface area contributed by atoms with Crippen LogP contribution in [0.5, 0.6) is 5.75 Å². The highest BCUT2D eigenvalue weighted by Crippen LogP contribution is 2.14. The average molecular weight is 247 g/mol. The highest BCUT2D eigenvalue weighted by molar-refractivity contribution is 5.26. The molecule has 5 heteroatoms. The normalized spacial score (nSPS) is 13.6. The second-order valence-electron chi connectivity index (χ2n) is 4.22.